The van der Waals surface area contributed by atoms with Crippen LogP contribution in [0.3, 0.4) is 0 Å². The van der Waals surface area contributed by atoms with Crippen molar-refractivity contribution in [1.29, 1.82) is 0 Å². The molecule has 0 radical (unpaired) electrons. The first-order chi connectivity index (χ1) is 8.74. The third-order valence-electron chi connectivity index (χ3n) is 2.55. The fourth-order valence-electron chi connectivity index (χ4n) is 1.64. The molecule has 0 atom stereocenters. The molecule has 0 aromatic carbocycles. The summed E-state index contributed by atoms with van der Waals surface area (Å²) in [4.78, 5) is 0. The summed E-state index contributed by atoms with van der Waals surface area (Å²) in [6, 6.07) is 2.03. The van der Waals surface area contributed by atoms with Crippen molar-refractivity contribution in [2.24, 2.45) is 0 Å². The van der Waals surface area contributed by atoms with Gasteiger partial charge in [-0.05, 0) is 25.8 Å². The highest BCUT2D eigenvalue weighted by atomic mass is 35.5. The maximum absolute atomic E-state index is 5.68. The molecule has 2 rings (SSSR count). The van der Waals surface area contributed by atoms with Crippen LogP contribution in [0.25, 0.3) is 10.6 Å². The molecule has 0 spiro atoms. The van der Waals surface area contributed by atoms with E-state index in [1.54, 1.807) is 11.3 Å². The van der Waals surface area contributed by atoms with Gasteiger partial charge in [0.25, 0.3) is 0 Å². The third-order valence-corrected chi connectivity index (χ3v) is 3.83. The first-order valence-corrected chi connectivity index (χ1v) is 7.31. The number of halogens is 1. The van der Waals surface area contributed by atoms with Crippen molar-refractivity contribution in [2.75, 3.05) is 5.88 Å². The highest BCUT2D eigenvalue weighted by Gasteiger charge is 2.12. The Morgan fingerprint density at radius 1 is 1.22 bits per heavy atom. The molecule has 0 aliphatic heterocycles. The van der Waals surface area contributed by atoms with Crippen molar-refractivity contribution in [2.45, 2.75) is 33.1 Å². The van der Waals surface area contributed by atoms with E-state index in [4.69, 9.17) is 11.6 Å². The molecule has 96 valence electrons. The fourth-order valence-corrected chi connectivity index (χ4v) is 2.70. The summed E-state index contributed by atoms with van der Waals surface area (Å²) < 4.78 is 0. The lowest BCUT2D eigenvalue weighted by molar-refractivity contribution is 0.878. The SMILES string of the molecule is CCc1nnc(C)cc1-c1nnc(CCCCl)s1. The van der Waals surface area contributed by atoms with Gasteiger partial charge in [0, 0.05) is 17.9 Å². The Kier molecular flexibility index (Phi) is 4.60. The van der Waals surface area contributed by atoms with Crippen LogP contribution in [-0.2, 0) is 12.8 Å². The maximum Gasteiger partial charge on any atom is 0.149 e. The Bertz CT molecular complexity index is 527. The molecule has 0 aliphatic carbocycles. The van der Waals surface area contributed by atoms with E-state index < -0.39 is 0 Å². The standard InChI is InChI=1S/C12H15ClN4S/c1-3-10-9(7-8(2)14-15-10)12-17-16-11(18-12)5-4-6-13/h7H,3-6H2,1-2H3. The van der Waals surface area contributed by atoms with Gasteiger partial charge in [-0.1, -0.05) is 18.3 Å². The van der Waals surface area contributed by atoms with Crippen molar-refractivity contribution >= 4 is 22.9 Å². The number of rotatable bonds is 5. The van der Waals surface area contributed by atoms with Crippen LogP contribution < -0.4 is 0 Å². The number of hydrogen-bond donors (Lipinski definition) is 0. The van der Waals surface area contributed by atoms with Gasteiger partial charge < -0.3 is 0 Å². The quantitative estimate of drug-likeness (QED) is 0.791. The molecule has 2 heterocycles. The second-order valence-corrected chi connectivity index (χ2v) is 5.43. The van der Waals surface area contributed by atoms with Crippen LogP contribution >= 0.6 is 22.9 Å². The zero-order valence-electron chi connectivity index (χ0n) is 10.5. The number of aromatic nitrogens is 4. The van der Waals surface area contributed by atoms with E-state index in [-0.39, 0.29) is 0 Å². The van der Waals surface area contributed by atoms with Crippen LogP contribution in [0, 0.1) is 6.92 Å². The molecule has 18 heavy (non-hydrogen) atoms. The molecule has 0 unspecified atom stereocenters. The van der Waals surface area contributed by atoms with Crippen molar-refractivity contribution in [1.82, 2.24) is 20.4 Å². The highest BCUT2D eigenvalue weighted by molar-refractivity contribution is 7.14. The second-order valence-electron chi connectivity index (χ2n) is 3.99. The third kappa shape index (κ3) is 3.03. The summed E-state index contributed by atoms with van der Waals surface area (Å²) >= 11 is 7.30. The van der Waals surface area contributed by atoms with Crippen molar-refractivity contribution in [3.63, 3.8) is 0 Å². The van der Waals surface area contributed by atoms with Crippen LogP contribution in [0.15, 0.2) is 6.07 Å². The van der Waals surface area contributed by atoms with Crippen molar-refractivity contribution in [3.05, 3.63) is 22.5 Å². The molecule has 0 N–H and O–H groups in total. The van der Waals surface area contributed by atoms with E-state index in [0.29, 0.717) is 5.88 Å². The van der Waals surface area contributed by atoms with Crippen molar-refractivity contribution in [3.8, 4) is 10.6 Å². The first-order valence-electron chi connectivity index (χ1n) is 5.96. The number of nitrogens with zero attached hydrogens (tertiary/aromatic N) is 4. The molecule has 0 bridgehead atoms. The Labute approximate surface area is 115 Å². The summed E-state index contributed by atoms with van der Waals surface area (Å²) in [7, 11) is 0. The minimum Gasteiger partial charge on any atom is -0.156 e. The lowest BCUT2D eigenvalue weighted by Gasteiger charge is -2.02. The zero-order valence-corrected chi connectivity index (χ0v) is 12.1. The molecule has 0 saturated heterocycles. The van der Waals surface area contributed by atoms with Gasteiger partial charge in [-0.25, -0.2) is 0 Å². The molecule has 0 amide bonds. The minimum absolute atomic E-state index is 0.658. The molecular formula is C12H15ClN4S. The zero-order chi connectivity index (χ0) is 13.0. The first kappa shape index (κ1) is 13.4. The Morgan fingerprint density at radius 2 is 2.06 bits per heavy atom. The molecule has 0 aliphatic rings. The Hall–Kier alpha value is -1.07. The van der Waals surface area contributed by atoms with Gasteiger partial charge in [-0.3, -0.25) is 0 Å². The number of hydrogen-bond acceptors (Lipinski definition) is 5. The maximum atomic E-state index is 5.68. The minimum atomic E-state index is 0.658. The Morgan fingerprint density at radius 3 is 2.78 bits per heavy atom. The summed E-state index contributed by atoms with van der Waals surface area (Å²) in [5.74, 6) is 0.658. The second kappa shape index (κ2) is 6.20. The molecule has 0 saturated carbocycles. The molecular weight excluding hydrogens is 268 g/mol. The van der Waals surface area contributed by atoms with Gasteiger partial charge >= 0.3 is 0 Å². The monoisotopic (exact) mass is 282 g/mol. The topological polar surface area (TPSA) is 51.6 Å². The summed E-state index contributed by atoms with van der Waals surface area (Å²) in [5, 5.41) is 18.7. The lowest BCUT2D eigenvalue weighted by atomic mass is 10.1. The van der Waals surface area contributed by atoms with E-state index in [0.717, 1.165) is 46.2 Å². The smallest absolute Gasteiger partial charge is 0.149 e. The van der Waals surface area contributed by atoms with Gasteiger partial charge in [-0.2, -0.15) is 10.2 Å². The van der Waals surface area contributed by atoms with Crippen LogP contribution in [0.1, 0.15) is 29.7 Å². The fraction of sp³-hybridized carbons (Fsp3) is 0.500. The molecule has 2 aromatic rings. The van der Waals surface area contributed by atoms with Gasteiger partial charge in [0.05, 0.1) is 11.4 Å². The van der Waals surface area contributed by atoms with E-state index in [1.807, 2.05) is 13.0 Å². The molecule has 4 nitrogen and oxygen atoms in total. The molecule has 6 heteroatoms. The van der Waals surface area contributed by atoms with Crippen molar-refractivity contribution < 1.29 is 0 Å². The van der Waals surface area contributed by atoms with Crippen LogP contribution in [0.2, 0.25) is 0 Å². The van der Waals surface area contributed by atoms with E-state index >= 15 is 0 Å². The number of aryl methyl sites for hydroxylation is 3. The van der Waals surface area contributed by atoms with Crippen LogP contribution in [0.5, 0.6) is 0 Å². The van der Waals surface area contributed by atoms with Crippen LogP contribution in [0.4, 0.5) is 0 Å². The number of alkyl halides is 1. The summed E-state index contributed by atoms with van der Waals surface area (Å²) in [6.45, 7) is 4.00. The van der Waals surface area contributed by atoms with E-state index in [1.165, 1.54) is 0 Å². The molecule has 2 aromatic heterocycles. The van der Waals surface area contributed by atoms with Gasteiger partial charge in [0.2, 0.25) is 0 Å². The highest BCUT2D eigenvalue weighted by Crippen LogP contribution is 2.27. The van der Waals surface area contributed by atoms with E-state index in [9.17, 15) is 0 Å². The largest absolute Gasteiger partial charge is 0.156 e. The average Bonchev–Trinajstić information content (AvgIpc) is 2.85. The summed E-state index contributed by atoms with van der Waals surface area (Å²) in [6.07, 6.45) is 2.67. The van der Waals surface area contributed by atoms with Crippen LogP contribution in [-0.4, -0.2) is 26.3 Å². The van der Waals surface area contributed by atoms with E-state index in [2.05, 4.69) is 27.3 Å². The summed E-state index contributed by atoms with van der Waals surface area (Å²) in [5.41, 5.74) is 2.93. The Balaban J connectivity index is 2.30. The van der Waals surface area contributed by atoms with Gasteiger partial charge in [0.15, 0.2) is 0 Å². The molecule has 0 fully saturated rings. The predicted octanol–water partition coefficient (Wildman–Crippen LogP) is 3.04. The average molecular weight is 283 g/mol. The van der Waals surface area contributed by atoms with Gasteiger partial charge in [0.1, 0.15) is 10.0 Å². The van der Waals surface area contributed by atoms with Gasteiger partial charge in [-0.15, -0.1) is 21.8 Å². The predicted molar refractivity (Wildman–Crippen MR) is 74.1 cm³/mol. The lowest BCUT2D eigenvalue weighted by Crippen LogP contribution is -1.97. The normalized spacial score (nSPS) is 10.8.